The molecule has 0 rings (SSSR count). The number of hydrogen-bond acceptors (Lipinski definition) is 6. The van der Waals surface area contributed by atoms with E-state index in [2.05, 4.69) is 51.2 Å². The van der Waals surface area contributed by atoms with Gasteiger partial charge >= 0.3 is 17.9 Å². The van der Waals surface area contributed by atoms with E-state index < -0.39 is 6.10 Å². The van der Waals surface area contributed by atoms with Crippen molar-refractivity contribution in [3.63, 3.8) is 0 Å². The predicted octanol–water partition coefficient (Wildman–Crippen LogP) is 16.0. The van der Waals surface area contributed by atoms with Crippen LogP contribution in [0.2, 0.25) is 0 Å². The molecular weight excluding hydrogens is 757 g/mol. The smallest absolute Gasteiger partial charge is 0.306 e. The van der Waals surface area contributed by atoms with E-state index >= 15 is 0 Å². The standard InChI is InChI=1S/C55H88O6/c1-4-7-10-13-16-19-22-25-27-30-33-36-39-42-45-48-54(57)60-51-52(50-59-53(56)47-44-41-38-35-32-29-24-21-18-15-12-9-6-3)61-55(58)49-46-43-40-37-34-31-28-26-23-20-17-14-11-8-5-2/h7,9-10,12-13,15-16,18-19,21-22,24-25,27,29,32,35,38,52H,4-6,8,11,14,17,20,23,26,28,30-31,33-34,36-37,39-51H2,1-3H3/b10-7+,12-9+,16-13+,18-15+,22-19+,24-21+,27-25+,32-29+,38-35+. The van der Waals surface area contributed by atoms with Gasteiger partial charge in [0.25, 0.3) is 0 Å². The van der Waals surface area contributed by atoms with Gasteiger partial charge in [-0.15, -0.1) is 0 Å². The molecular formula is C55H88O6. The van der Waals surface area contributed by atoms with E-state index in [9.17, 15) is 14.4 Å². The molecule has 61 heavy (non-hydrogen) atoms. The molecule has 0 saturated heterocycles. The van der Waals surface area contributed by atoms with Gasteiger partial charge in [-0.2, -0.15) is 0 Å². The number of hydrogen-bond donors (Lipinski definition) is 0. The molecule has 0 aliphatic carbocycles. The van der Waals surface area contributed by atoms with Crippen molar-refractivity contribution in [1.82, 2.24) is 0 Å². The van der Waals surface area contributed by atoms with Crippen molar-refractivity contribution < 1.29 is 28.6 Å². The van der Waals surface area contributed by atoms with Crippen LogP contribution in [0.25, 0.3) is 0 Å². The van der Waals surface area contributed by atoms with E-state index in [0.29, 0.717) is 19.3 Å². The molecule has 0 heterocycles. The van der Waals surface area contributed by atoms with Crippen molar-refractivity contribution in [2.45, 2.75) is 207 Å². The van der Waals surface area contributed by atoms with Gasteiger partial charge in [-0.25, -0.2) is 0 Å². The fourth-order valence-corrected chi connectivity index (χ4v) is 6.36. The average Bonchev–Trinajstić information content (AvgIpc) is 3.26. The maximum absolute atomic E-state index is 12.8. The molecule has 0 radical (unpaired) electrons. The van der Waals surface area contributed by atoms with Crippen molar-refractivity contribution in [1.29, 1.82) is 0 Å². The first kappa shape index (κ1) is 57.1. The number of allylic oxidation sites excluding steroid dienone is 18. The molecule has 6 heteroatoms. The largest absolute Gasteiger partial charge is 0.462 e. The summed E-state index contributed by atoms with van der Waals surface area (Å²) in [5.41, 5.74) is 0. The lowest BCUT2D eigenvalue weighted by Crippen LogP contribution is -2.30. The van der Waals surface area contributed by atoms with Crippen LogP contribution in [-0.4, -0.2) is 37.2 Å². The molecule has 0 spiro atoms. The first-order valence-corrected chi connectivity index (χ1v) is 24.5. The Balaban J connectivity index is 4.53. The Bertz CT molecular complexity index is 1290. The van der Waals surface area contributed by atoms with Crippen LogP contribution < -0.4 is 0 Å². The Morgan fingerprint density at radius 2 is 0.656 bits per heavy atom. The van der Waals surface area contributed by atoms with E-state index in [1.165, 1.54) is 77.0 Å². The quantitative estimate of drug-likeness (QED) is 0.0264. The van der Waals surface area contributed by atoms with Crippen LogP contribution in [-0.2, 0) is 28.6 Å². The summed E-state index contributed by atoms with van der Waals surface area (Å²) in [6.07, 6.45) is 65.0. The summed E-state index contributed by atoms with van der Waals surface area (Å²) in [7, 11) is 0. The molecule has 0 aliphatic rings. The predicted molar refractivity (Wildman–Crippen MR) is 260 cm³/mol. The number of unbranched alkanes of at least 4 members (excludes halogenated alkanes) is 20. The maximum Gasteiger partial charge on any atom is 0.306 e. The van der Waals surface area contributed by atoms with E-state index in [-0.39, 0.29) is 37.5 Å². The van der Waals surface area contributed by atoms with Crippen LogP contribution in [0.1, 0.15) is 201 Å². The van der Waals surface area contributed by atoms with Gasteiger partial charge < -0.3 is 14.2 Å². The number of carbonyl (C=O) groups is 3. The minimum absolute atomic E-state index is 0.114. The van der Waals surface area contributed by atoms with E-state index in [0.717, 1.165) is 77.0 Å². The first-order chi connectivity index (χ1) is 30.0. The third-order valence-electron chi connectivity index (χ3n) is 10.00. The van der Waals surface area contributed by atoms with Crippen LogP contribution >= 0.6 is 0 Å². The Hall–Kier alpha value is -3.93. The number of esters is 3. The Labute approximate surface area is 374 Å². The summed E-state index contributed by atoms with van der Waals surface area (Å²) in [5.74, 6) is -1.02. The number of carbonyl (C=O) groups excluding carboxylic acids is 3. The molecule has 0 bridgehead atoms. The van der Waals surface area contributed by atoms with Crippen LogP contribution in [0.5, 0.6) is 0 Å². The summed E-state index contributed by atoms with van der Waals surface area (Å²) >= 11 is 0. The second-order valence-corrected chi connectivity index (χ2v) is 15.8. The van der Waals surface area contributed by atoms with Crippen molar-refractivity contribution >= 4 is 17.9 Å². The fraction of sp³-hybridized carbons (Fsp3) is 0.618. The topological polar surface area (TPSA) is 78.9 Å². The lowest BCUT2D eigenvalue weighted by atomic mass is 10.0. The SMILES string of the molecule is CC/C=C/C=C/C=C/C=C/C=C/CCCC(=O)OCC(COC(=O)CCCCCCC/C=C/C=C/C=C/C=C/CC)OC(=O)CCCCCCCCCCCCCCCCC. The molecule has 1 atom stereocenters. The highest BCUT2D eigenvalue weighted by atomic mass is 16.6. The molecule has 0 aromatic carbocycles. The van der Waals surface area contributed by atoms with Crippen molar-refractivity contribution in [3.8, 4) is 0 Å². The van der Waals surface area contributed by atoms with E-state index in [1.807, 2.05) is 79.0 Å². The molecule has 0 aromatic heterocycles. The minimum atomic E-state index is -0.816. The first-order valence-electron chi connectivity index (χ1n) is 24.5. The van der Waals surface area contributed by atoms with Gasteiger partial charge in [0.05, 0.1) is 0 Å². The monoisotopic (exact) mass is 845 g/mol. The lowest BCUT2D eigenvalue weighted by Gasteiger charge is -2.18. The average molecular weight is 845 g/mol. The highest BCUT2D eigenvalue weighted by molar-refractivity contribution is 5.71. The lowest BCUT2D eigenvalue weighted by molar-refractivity contribution is -0.167. The third-order valence-corrected chi connectivity index (χ3v) is 10.00. The second-order valence-electron chi connectivity index (χ2n) is 15.8. The minimum Gasteiger partial charge on any atom is -0.462 e. The fourth-order valence-electron chi connectivity index (χ4n) is 6.36. The molecule has 6 nitrogen and oxygen atoms in total. The summed E-state index contributed by atoms with van der Waals surface area (Å²) in [5, 5.41) is 0. The molecule has 0 aliphatic heterocycles. The van der Waals surface area contributed by atoms with Crippen LogP contribution in [0.3, 0.4) is 0 Å². The normalized spacial score (nSPS) is 13.0. The molecule has 0 fully saturated rings. The Morgan fingerprint density at radius 3 is 1.07 bits per heavy atom. The summed E-state index contributed by atoms with van der Waals surface area (Å²) in [6.45, 7) is 6.26. The van der Waals surface area contributed by atoms with Gasteiger partial charge in [0, 0.05) is 19.3 Å². The molecule has 0 amide bonds. The molecule has 0 saturated carbocycles. The van der Waals surface area contributed by atoms with Gasteiger partial charge in [-0.1, -0.05) is 239 Å². The molecule has 0 N–H and O–H groups in total. The highest BCUT2D eigenvalue weighted by Gasteiger charge is 2.19. The van der Waals surface area contributed by atoms with Gasteiger partial charge in [0.15, 0.2) is 6.10 Å². The van der Waals surface area contributed by atoms with Gasteiger partial charge in [-0.05, 0) is 51.4 Å². The molecule has 0 aromatic rings. The highest BCUT2D eigenvalue weighted by Crippen LogP contribution is 2.15. The molecule has 1 unspecified atom stereocenters. The Morgan fingerprint density at radius 1 is 0.344 bits per heavy atom. The number of rotatable bonds is 42. The van der Waals surface area contributed by atoms with E-state index in [4.69, 9.17) is 14.2 Å². The maximum atomic E-state index is 12.8. The van der Waals surface area contributed by atoms with Crippen LogP contribution in [0.15, 0.2) is 109 Å². The van der Waals surface area contributed by atoms with E-state index in [1.54, 1.807) is 0 Å². The van der Waals surface area contributed by atoms with Gasteiger partial charge in [-0.3, -0.25) is 14.4 Å². The van der Waals surface area contributed by atoms with Crippen LogP contribution in [0, 0.1) is 0 Å². The van der Waals surface area contributed by atoms with Gasteiger partial charge in [0.1, 0.15) is 13.2 Å². The zero-order valence-electron chi connectivity index (χ0n) is 39.1. The van der Waals surface area contributed by atoms with Crippen molar-refractivity contribution in [2.75, 3.05) is 13.2 Å². The second kappa shape index (κ2) is 48.7. The third kappa shape index (κ3) is 47.0. The zero-order valence-corrected chi connectivity index (χ0v) is 39.1. The van der Waals surface area contributed by atoms with Crippen LogP contribution in [0.4, 0.5) is 0 Å². The van der Waals surface area contributed by atoms with Crippen molar-refractivity contribution in [3.05, 3.63) is 109 Å². The van der Waals surface area contributed by atoms with Gasteiger partial charge in [0.2, 0.25) is 0 Å². The van der Waals surface area contributed by atoms with Crippen molar-refractivity contribution in [2.24, 2.45) is 0 Å². The molecule has 344 valence electrons. The Kier molecular flexibility index (Phi) is 45.6. The summed E-state index contributed by atoms with van der Waals surface area (Å²) < 4.78 is 16.7. The zero-order chi connectivity index (χ0) is 44.4. The summed E-state index contributed by atoms with van der Waals surface area (Å²) in [4.78, 5) is 37.9. The summed E-state index contributed by atoms with van der Waals surface area (Å²) in [6, 6.07) is 0. The number of ether oxygens (including phenoxy) is 3.